The van der Waals surface area contributed by atoms with Crippen molar-refractivity contribution in [1.29, 1.82) is 0 Å². The molecule has 1 saturated heterocycles. The van der Waals surface area contributed by atoms with Gasteiger partial charge in [0, 0.05) is 25.6 Å². The number of likely N-dealkylation sites (tertiary alicyclic amines) is 1. The molecule has 2 N–H and O–H groups in total. The van der Waals surface area contributed by atoms with Gasteiger partial charge in [-0.3, -0.25) is 4.79 Å². The van der Waals surface area contributed by atoms with Crippen LogP contribution in [-0.4, -0.2) is 29.9 Å². The van der Waals surface area contributed by atoms with Crippen LogP contribution in [0.2, 0.25) is 0 Å². The van der Waals surface area contributed by atoms with E-state index in [1.807, 2.05) is 4.90 Å². The summed E-state index contributed by atoms with van der Waals surface area (Å²) in [5, 5.41) is 0. The van der Waals surface area contributed by atoms with E-state index in [0.29, 0.717) is 17.8 Å². The summed E-state index contributed by atoms with van der Waals surface area (Å²) >= 11 is 0. The molecule has 104 valence electrons. The van der Waals surface area contributed by atoms with Gasteiger partial charge in [-0.15, -0.1) is 0 Å². The number of piperidine rings is 1. The molecule has 1 amide bonds. The van der Waals surface area contributed by atoms with Gasteiger partial charge in [0.15, 0.2) is 0 Å². The molecule has 18 heavy (non-hydrogen) atoms. The summed E-state index contributed by atoms with van der Waals surface area (Å²) in [6.45, 7) is 8.77. The Kier molecular flexibility index (Phi) is 4.00. The van der Waals surface area contributed by atoms with E-state index >= 15 is 0 Å². The van der Waals surface area contributed by atoms with E-state index in [2.05, 4.69) is 20.8 Å². The first kappa shape index (κ1) is 13.9. The van der Waals surface area contributed by atoms with E-state index in [-0.39, 0.29) is 11.9 Å². The minimum absolute atomic E-state index is 0.109. The first-order valence-electron chi connectivity index (χ1n) is 7.41. The minimum atomic E-state index is 0.109. The molecule has 0 radical (unpaired) electrons. The number of hydrogen-bond acceptors (Lipinski definition) is 2. The summed E-state index contributed by atoms with van der Waals surface area (Å²) in [4.78, 5) is 14.2. The van der Waals surface area contributed by atoms with E-state index in [9.17, 15) is 4.79 Å². The van der Waals surface area contributed by atoms with Crippen LogP contribution in [-0.2, 0) is 4.79 Å². The molecule has 2 rings (SSSR count). The van der Waals surface area contributed by atoms with Gasteiger partial charge in [-0.25, -0.2) is 0 Å². The van der Waals surface area contributed by atoms with Gasteiger partial charge < -0.3 is 10.6 Å². The van der Waals surface area contributed by atoms with Crippen LogP contribution < -0.4 is 5.73 Å². The number of nitrogens with two attached hydrogens (primary N) is 1. The second-order valence-corrected chi connectivity index (χ2v) is 7.23. The van der Waals surface area contributed by atoms with Gasteiger partial charge in [0.25, 0.3) is 0 Å². The van der Waals surface area contributed by atoms with Crippen molar-refractivity contribution >= 4 is 5.91 Å². The molecule has 1 atom stereocenters. The molecule has 1 saturated carbocycles. The summed E-state index contributed by atoms with van der Waals surface area (Å²) in [7, 11) is 0. The van der Waals surface area contributed by atoms with E-state index in [0.717, 1.165) is 31.8 Å². The lowest BCUT2D eigenvalue weighted by molar-refractivity contribution is -0.133. The fourth-order valence-electron chi connectivity index (χ4n) is 3.02. The molecule has 2 fully saturated rings. The highest BCUT2D eigenvalue weighted by Gasteiger charge is 2.33. The summed E-state index contributed by atoms with van der Waals surface area (Å²) in [6, 6.07) is 0.109. The molecule has 0 bridgehead atoms. The van der Waals surface area contributed by atoms with Gasteiger partial charge in [-0.1, -0.05) is 20.8 Å². The Labute approximate surface area is 111 Å². The highest BCUT2D eigenvalue weighted by atomic mass is 16.2. The maximum Gasteiger partial charge on any atom is 0.224 e. The predicted octanol–water partition coefficient (Wildman–Crippen LogP) is 2.40. The normalized spacial score (nSPS) is 24.1. The van der Waals surface area contributed by atoms with Crippen molar-refractivity contribution in [2.45, 2.75) is 58.9 Å². The monoisotopic (exact) mass is 252 g/mol. The average molecular weight is 252 g/mol. The number of rotatable bonds is 3. The van der Waals surface area contributed by atoms with Crippen molar-refractivity contribution in [1.82, 2.24) is 4.90 Å². The Morgan fingerprint density at radius 3 is 2.22 bits per heavy atom. The SMILES string of the molecule is CC(C)(C)C1CCN(C(=O)CC(N)C2CC2)CC1. The van der Waals surface area contributed by atoms with E-state index in [4.69, 9.17) is 5.73 Å². The molecule has 2 aliphatic rings. The highest BCUT2D eigenvalue weighted by molar-refractivity contribution is 5.77. The Hall–Kier alpha value is -0.570. The molecule has 3 nitrogen and oxygen atoms in total. The fraction of sp³-hybridized carbons (Fsp3) is 0.933. The van der Waals surface area contributed by atoms with Crippen LogP contribution >= 0.6 is 0 Å². The molecule has 1 unspecified atom stereocenters. The second-order valence-electron chi connectivity index (χ2n) is 7.23. The molecular formula is C15H28N2O. The largest absolute Gasteiger partial charge is 0.343 e. The van der Waals surface area contributed by atoms with Gasteiger partial charge in [-0.05, 0) is 42.9 Å². The summed E-state index contributed by atoms with van der Waals surface area (Å²) in [5.74, 6) is 1.65. The van der Waals surface area contributed by atoms with E-state index < -0.39 is 0 Å². The maximum atomic E-state index is 12.1. The molecule has 1 aliphatic carbocycles. The van der Waals surface area contributed by atoms with Crippen molar-refractivity contribution < 1.29 is 4.79 Å². The molecular weight excluding hydrogens is 224 g/mol. The number of amides is 1. The number of carbonyl (C=O) groups is 1. The number of hydrogen-bond donors (Lipinski definition) is 1. The maximum absolute atomic E-state index is 12.1. The molecule has 1 aliphatic heterocycles. The van der Waals surface area contributed by atoms with Gasteiger partial charge in [-0.2, -0.15) is 0 Å². The van der Waals surface area contributed by atoms with E-state index in [1.54, 1.807) is 0 Å². The summed E-state index contributed by atoms with van der Waals surface area (Å²) in [6.07, 6.45) is 5.30. The zero-order chi connectivity index (χ0) is 13.3. The third-order valence-electron chi connectivity index (χ3n) is 4.71. The minimum Gasteiger partial charge on any atom is -0.343 e. The van der Waals surface area contributed by atoms with Gasteiger partial charge in [0.2, 0.25) is 5.91 Å². The molecule has 1 heterocycles. The summed E-state index contributed by atoms with van der Waals surface area (Å²) < 4.78 is 0. The van der Waals surface area contributed by atoms with Gasteiger partial charge >= 0.3 is 0 Å². The van der Waals surface area contributed by atoms with Gasteiger partial charge in [0.1, 0.15) is 0 Å². The zero-order valence-electron chi connectivity index (χ0n) is 12.1. The Morgan fingerprint density at radius 2 is 1.78 bits per heavy atom. The van der Waals surface area contributed by atoms with Crippen LogP contribution in [0.25, 0.3) is 0 Å². The lowest BCUT2D eigenvalue weighted by atomic mass is 9.75. The lowest BCUT2D eigenvalue weighted by Gasteiger charge is -2.39. The average Bonchev–Trinajstić information content (AvgIpc) is 3.11. The van der Waals surface area contributed by atoms with Crippen LogP contribution in [0.4, 0.5) is 0 Å². The van der Waals surface area contributed by atoms with Crippen LogP contribution in [0, 0.1) is 17.3 Å². The van der Waals surface area contributed by atoms with Crippen molar-refractivity contribution in [2.75, 3.05) is 13.1 Å². The van der Waals surface area contributed by atoms with Crippen LogP contribution in [0.15, 0.2) is 0 Å². The Morgan fingerprint density at radius 1 is 1.22 bits per heavy atom. The molecule has 3 heteroatoms. The highest BCUT2D eigenvalue weighted by Crippen LogP contribution is 2.35. The van der Waals surface area contributed by atoms with Crippen LogP contribution in [0.3, 0.4) is 0 Å². The van der Waals surface area contributed by atoms with Crippen molar-refractivity contribution in [2.24, 2.45) is 23.0 Å². The standard InChI is InChI=1S/C15H28N2O/c1-15(2,3)12-6-8-17(9-7-12)14(18)10-13(16)11-4-5-11/h11-13H,4-10,16H2,1-3H3. The van der Waals surface area contributed by atoms with E-state index in [1.165, 1.54) is 12.8 Å². The first-order chi connectivity index (χ1) is 8.38. The third kappa shape index (κ3) is 3.47. The summed E-state index contributed by atoms with van der Waals surface area (Å²) in [5.41, 5.74) is 6.41. The topological polar surface area (TPSA) is 46.3 Å². The Balaban J connectivity index is 1.76. The Bertz CT molecular complexity index is 296. The first-order valence-corrected chi connectivity index (χ1v) is 7.41. The molecule has 0 aromatic rings. The lowest BCUT2D eigenvalue weighted by Crippen LogP contribution is -2.43. The molecule has 0 aromatic carbocycles. The number of nitrogens with zero attached hydrogens (tertiary/aromatic N) is 1. The molecule has 0 spiro atoms. The zero-order valence-corrected chi connectivity index (χ0v) is 12.1. The van der Waals surface area contributed by atoms with Gasteiger partial charge in [0.05, 0.1) is 0 Å². The second kappa shape index (κ2) is 5.20. The smallest absolute Gasteiger partial charge is 0.224 e. The number of carbonyl (C=O) groups excluding carboxylic acids is 1. The fourth-order valence-corrected chi connectivity index (χ4v) is 3.02. The quantitative estimate of drug-likeness (QED) is 0.838. The van der Waals surface area contributed by atoms with Crippen molar-refractivity contribution in [3.05, 3.63) is 0 Å². The van der Waals surface area contributed by atoms with Crippen molar-refractivity contribution in [3.8, 4) is 0 Å². The van der Waals surface area contributed by atoms with Crippen LogP contribution in [0.5, 0.6) is 0 Å². The van der Waals surface area contributed by atoms with Crippen molar-refractivity contribution in [3.63, 3.8) is 0 Å². The third-order valence-corrected chi connectivity index (χ3v) is 4.71. The predicted molar refractivity (Wildman–Crippen MR) is 74.1 cm³/mol. The molecule has 0 aromatic heterocycles. The van der Waals surface area contributed by atoms with Crippen LogP contribution in [0.1, 0.15) is 52.9 Å².